The Labute approximate surface area is 140 Å². The molecule has 2 aromatic carbocycles. The van der Waals surface area contributed by atoms with E-state index < -0.39 is 0 Å². The first kappa shape index (κ1) is 15.3. The Morgan fingerprint density at radius 3 is 2.52 bits per heavy atom. The van der Waals surface area contributed by atoms with Crippen LogP contribution < -0.4 is 11.1 Å². The van der Waals surface area contributed by atoms with Crippen LogP contribution in [0.5, 0.6) is 0 Å². The topological polar surface area (TPSA) is 63.8 Å². The van der Waals surface area contributed by atoms with Crippen molar-refractivity contribution in [3.05, 3.63) is 71.5 Å². The van der Waals surface area contributed by atoms with Crippen LogP contribution in [0.4, 0.5) is 11.5 Å². The van der Waals surface area contributed by atoms with E-state index in [4.69, 9.17) is 17.3 Å². The summed E-state index contributed by atoms with van der Waals surface area (Å²) in [7, 11) is 0. The Bertz CT molecular complexity index is 802. The molecule has 0 aliphatic rings. The summed E-state index contributed by atoms with van der Waals surface area (Å²) >= 11 is 6.07. The molecule has 0 amide bonds. The van der Waals surface area contributed by atoms with Crippen LogP contribution in [0.3, 0.4) is 0 Å². The number of hydrogen-bond acceptors (Lipinski definition) is 4. The molecule has 0 bridgehead atoms. The molecule has 4 nitrogen and oxygen atoms in total. The zero-order valence-electron chi connectivity index (χ0n) is 12.7. The Morgan fingerprint density at radius 1 is 1.04 bits per heavy atom. The summed E-state index contributed by atoms with van der Waals surface area (Å²) in [5.74, 6) is 0.727. The molecule has 0 saturated carbocycles. The predicted octanol–water partition coefficient (Wildman–Crippen LogP) is 4.55. The molecule has 0 fully saturated rings. The number of aromatic nitrogens is 2. The molecule has 0 saturated heterocycles. The van der Waals surface area contributed by atoms with E-state index in [9.17, 15) is 0 Å². The molecule has 0 unspecified atom stereocenters. The number of anilines is 2. The molecule has 116 valence electrons. The van der Waals surface area contributed by atoms with Gasteiger partial charge in [-0.05, 0) is 36.8 Å². The summed E-state index contributed by atoms with van der Waals surface area (Å²) in [6.45, 7) is 2.06. The van der Waals surface area contributed by atoms with Gasteiger partial charge < -0.3 is 11.1 Å². The molecular formula is C18H17ClN4. The van der Waals surface area contributed by atoms with Crippen molar-refractivity contribution in [2.45, 2.75) is 13.0 Å². The maximum Gasteiger partial charge on any atom is 0.153 e. The molecule has 0 aliphatic carbocycles. The highest BCUT2D eigenvalue weighted by Gasteiger charge is 2.12. The molecule has 0 radical (unpaired) electrons. The minimum atomic E-state index is 0.0536. The van der Waals surface area contributed by atoms with Crippen LogP contribution in [-0.4, -0.2) is 9.97 Å². The third kappa shape index (κ3) is 3.60. The van der Waals surface area contributed by atoms with Crippen LogP contribution >= 0.6 is 11.6 Å². The molecule has 1 heterocycles. The van der Waals surface area contributed by atoms with Crippen molar-refractivity contribution in [1.29, 1.82) is 0 Å². The smallest absolute Gasteiger partial charge is 0.153 e. The first-order valence-corrected chi connectivity index (χ1v) is 7.70. The summed E-state index contributed by atoms with van der Waals surface area (Å²) < 4.78 is 0. The van der Waals surface area contributed by atoms with Crippen molar-refractivity contribution in [3.8, 4) is 11.3 Å². The van der Waals surface area contributed by atoms with Crippen molar-refractivity contribution < 1.29 is 0 Å². The number of rotatable bonds is 4. The van der Waals surface area contributed by atoms with Crippen molar-refractivity contribution in [1.82, 2.24) is 9.97 Å². The van der Waals surface area contributed by atoms with Gasteiger partial charge in [0.15, 0.2) is 5.82 Å². The molecule has 3 rings (SSSR count). The predicted molar refractivity (Wildman–Crippen MR) is 95.4 cm³/mol. The second-order valence-electron chi connectivity index (χ2n) is 5.30. The van der Waals surface area contributed by atoms with Gasteiger partial charge in [0, 0.05) is 28.7 Å². The zero-order valence-corrected chi connectivity index (χ0v) is 13.5. The normalized spacial score (nSPS) is 11.9. The molecule has 23 heavy (non-hydrogen) atoms. The average molecular weight is 325 g/mol. The number of nitrogens with two attached hydrogens (primary N) is 1. The van der Waals surface area contributed by atoms with E-state index in [0.717, 1.165) is 28.3 Å². The van der Waals surface area contributed by atoms with Gasteiger partial charge in [-0.1, -0.05) is 35.9 Å². The monoisotopic (exact) mass is 324 g/mol. The quantitative estimate of drug-likeness (QED) is 0.691. The highest BCUT2D eigenvalue weighted by molar-refractivity contribution is 6.30. The van der Waals surface area contributed by atoms with E-state index in [1.807, 2.05) is 48.5 Å². The fraction of sp³-hybridized carbons (Fsp3) is 0.111. The maximum atomic E-state index is 6.07. The number of nitrogens with zero attached hydrogens (tertiary/aromatic N) is 2. The lowest BCUT2D eigenvalue weighted by Gasteiger charge is -2.17. The van der Waals surface area contributed by atoms with E-state index >= 15 is 0 Å². The van der Waals surface area contributed by atoms with Gasteiger partial charge in [-0.3, -0.25) is 4.98 Å². The van der Waals surface area contributed by atoms with Crippen LogP contribution in [0, 0.1) is 0 Å². The lowest BCUT2D eigenvalue weighted by molar-refractivity contribution is 0.872. The third-order valence-electron chi connectivity index (χ3n) is 3.58. The van der Waals surface area contributed by atoms with Gasteiger partial charge in [0.1, 0.15) is 5.69 Å². The fourth-order valence-corrected chi connectivity index (χ4v) is 2.56. The lowest BCUT2D eigenvalue weighted by Crippen LogP contribution is -2.09. The van der Waals surface area contributed by atoms with E-state index in [1.54, 1.807) is 12.4 Å². The first-order valence-electron chi connectivity index (χ1n) is 7.32. The molecular weight excluding hydrogens is 308 g/mol. The van der Waals surface area contributed by atoms with E-state index in [0.29, 0.717) is 5.02 Å². The highest BCUT2D eigenvalue weighted by atomic mass is 35.5. The molecule has 1 atom stereocenters. The Kier molecular flexibility index (Phi) is 4.44. The highest BCUT2D eigenvalue weighted by Crippen LogP contribution is 2.28. The van der Waals surface area contributed by atoms with Crippen molar-refractivity contribution in [3.63, 3.8) is 0 Å². The Hall–Kier alpha value is -2.59. The Morgan fingerprint density at radius 2 is 1.78 bits per heavy atom. The molecule has 3 N–H and O–H groups in total. The fourth-order valence-electron chi connectivity index (χ4n) is 2.36. The van der Waals surface area contributed by atoms with Gasteiger partial charge in [0.2, 0.25) is 0 Å². The van der Waals surface area contributed by atoms with E-state index in [2.05, 4.69) is 22.2 Å². The van der Waals surface area contributed by atoms with Crippen LogP contribution in [-0.2, 0) is 0 Å². The number of hydrogen-bond donors (Lipinski definition) is 2. The standard InChI is InChI=1S/C18H17ClN4/c1-12(14-3-2-4-15(19)11-14)23-18-17(21-9-10-22-18)13-5-7-16(20)8-6-13/h2-12H,20H2,1H3,(H,22,23)/t12-/m0/s1. The maximum absolute atomic E-state index is 6.07. The van der Waals surface area contributed by atoms with Crippen molar-refractivity contribution in [2.75, 3.05) is 11.1 Å². The summed E-state index contributed by atoms with van der Waals surface area (Å²) in [6, 6.07) is 15.4. The van der Waals surface area contributed by atoms with Crippen LogP contribution in [0.2, 0.25) is 5.02 Å². The zero-order chi connectivity index (χ0) is 16.2. The number of halogens is 1. The molecule has 3 aromatic rings. The summed E-state index contributed by atoms with van der Waals surface area (Å²) in [6.07, 6.45) is 3.36. The van der Waals surface area contributed by atoms with Crippen LogP contribution in [0.15, 0.2) is 60.9 Å². The average Bonchev–Trinajstić information content (AvgIpc) is 2.56. The minimum absolute atomic E-state index is 0.0536. The molecule has 0 aliphatic heterocycles. The minimum Gasteiger partial charge on any atom is -0.399 e. The van der Waals surface area contributed by atoms with Gasteiger partial charge in [0.05, 0.1) is 6.04 Å². The van der Waals surface area contributed by atoms with Gasteiger partial charge in [-0.25, -0.2) is 4.98 Å². The summed E-state index contributed by atoms with van der Waals surface area (Å²) in [4.78, 5) is 8.88. The second-order valence-corrected chi connectivity index (χ2v) is 5.73. The number of benzene rings is 2. The first-order chi connectivity index (χ1) is 11.1. The van der Waals surface area contributed by atoms with Crippen molar-refractivity contribution >= 4 is 23.1 Å². The SMILES string of the molecule is C[C@H](Nc1nccnc1-c1ccc(N)cc1)c1cccc(Cl)c1. The van der Waals surface area contributed by atoms with Crippen LogP contribution in [0.1, 0.15) is 18.5 Å². The van der Waals surface area contributed by atoms with Gasteiger partial charge in [-0.15, -0.1) is 0 Å². The summed E-state index contributed by atoms with van der Waals surface area (Å²) in [5, 5.41) is 4.12. The van der Waals surface area contributed by atoms with Crippen LogP contribution in [0.25, 0.3) is 11.3 Å². The van der Waals surface area contributed by atoms with E-state index in [-0.39, 0.29) is 6.04 Å². The van der Waals surface area contributed by atoms with E-state index in [1.165, 1.54) is 0 Å². The lowest BCUT2D eigenvalue weighted by atomic mass is 10.1. The summed E-state index contributed by atoms with van der Waals surface area (Å²) in [5.41, 5.74) is 9.32. The third-order valence-corrected chi connectivity index (χ3v) is 3.82. The second kappa shape index (κ2) is 6.67. The molecule has 0 spiro atoms. The van der Waals surface area contributed by atoms with Gasteiger partial charge in [0.25, 0.3) is 0 Å². The molecule has 5 heteroatoms. The number of nitrogen functional groups attached to an aromatic ring is 1. The molecule has 1 aromatic heterocycles. The number of nitrogens with one attached hydrogen (secondary N) is 1. The Balaban J connectivity index is 1.90. The van der Waals surface area contributed by atoms with Gasteiger partial charge >= 0.3 is 0 Å². The van der Waals surface area contributed by atoms with Crippen molar-refractivity contribution in [2.24, 2.45) is 0 Å². The largest absolute Gasteiger partial charge is 0.399 e. The van der Waals surface area contributed by atoms with Gasteiger partial charge in [-0.2, -0.15) is 0 Å².